The maximum absolute atomic E-state index is 2.71. The average molecular weight is 868 g/mol. The van der Waals surface area contributed by atoms with Crippen LogP contribution >= 0.6 is 0 Å². The monoisotopic (exact) mass is 867 g/mol. The molecule has 0 spiro atoms. The van der Waals surface area contributed by atoms with Gasteiger partial charge in [0.05, 0.1) is 0 Å². The van der Waals surface area contributed by atoms with Crippen LogP contribution in [0, 0.1) is 35.5 Å². The molecule has 4 aliphatic carbocycles. The number of likely N-dealkylation sites (tertiary alicyclic amines) is 2. The fourth-order valence-electron chi connectivity index (χ4n) is 10.7. The van der Waals surface area contributed by atoms with Crippen molar-refractivity contribution in [2.24, 2.45) is 35.5 Å². The van der Waals surface area contributed by atoms with Crippen molar-refractivity contribution in [3.8, 4) is 0 Å². The second-order valence-corrected chi connectivity index (χ2v) is 20.5. The van der Waals surface area contributed by atoms with E-state index in [0.29, 0.717) is 16.6 Å². The van der Waals surface area contributed by atoms with Crippen LogP contribution in [-0.2, 0) is 0 Å². The third kappa shape index (κ3) is 24.8. The summed E-state index contributed by atoms with van der Waals surface area (Å²) >= 11 is 0. The smallest absolute Gasteiger partial charge is 0.0128 e. The summed E-state index contributed by atoms with van der Waals surface area (Å²) in [6.45, 7) is 65.9. The minimum Gasteiger partial charge on any atom is -0.298 e. The standard InChI is InChI=1S/C11H21N.3C10H19N.8C2H6/c1-11(2,3)12-7-9-4-5-10(6-9)8-12;1-10(2,3)11-6-8-4-9(5-8)7-11;1-10(2,3)11-7-8-4-5-9(11)6-8;1-8(2)11-7-9-3-5-10(11)6-4-9;8*1-2/h9-10H,4-8H2,1-3H3;2*8-9H,4-7H2,1-3H3;8-10H,3-7H2,1-2H3;8*1-2H3. The van der Waals surface area contributed by atoms with Crippen molar-refractivity contribution in [1.29, 1.82) is 0 Å². The van der Waals surface area contributed by atoms with Crippen molar-refractivity contribution < 1.29 is 0 Å². The molecule has 4 atom stereocenters. The Kier molecular flexibility index (Phi) is 40.9. The van der Waals surface area contributed by atoms with Crippen LogP contribution in [0.3, 0.4) is 0 Å². The SMILES string of the molecule is CC.CC.CC.CC.CC.CC.CC.CC.CC(C)(C)N1CC2CC(C2)C1.CC(C)(C)N1CC2CCC(C2)C1.CC(C)(C)N1CC2CCC1C2.CC(C)N1CC2CCC1CC2. The summed E-state index contributed by atoms with van der Waals surface area (Å²) in [5.41, 5.74) is 1.23. The molecule has 0 aromatic carbocycles. The summed E-state index contributed by atoms with van der Waals surface area (Å²) in [4.78, 5) is 10.7. The number of nitrogens with zero attached hydrogens (tertiary/aromatic N) is 4. The minimum absolute atomic E-state index is 0.404. The molecule has 0 aromatic rings. The van der Waals surface area contributed by atoms with Crippen LogP contribution in [0.5, 0.6) is 0 Å². The van der Waals surface area contributed by atoms with Crippen LogP contribution in [0.4, 0.5) is 0 Å². The molecule has 0 amide bonds. The first-order valence-corrected chi connectivity index (χ1v) is 28.0. The van der Waals surface area contributed by atoms with Gasteiger partial charge in [0.2, 0.25) is 0 Å². The second kappa shape index (κ2) is 37.0. The molecule has 374 valence electrons. The third-order valence-corrected chi connectivity index (χ3v) is 13.5. The first-order chi connectivity index (χ1) is 29.0. The van der Waals surface area contributed by atoms with E-state index in [1.165, 1.54) is 116 Å². The van der Waals surface area contributed by atoms with E-state index in [1.807, 2.05) is 111 Å². The molecule has 4 unspecified atom stereocenters. The van der Waals surface area contributed by atoms with E-state index in [-0.39, 0.29) is 0 Å². The van der Waals surface area contributed by atoms with Crippen molar-refractivity contribution >= 4 is 0 Å². The van der Waals surface area contributed by atoms with E-state index in [0.717, 1.165) is 53.6 Å². The predicted molar refractivity (Wildman–Crippen MR) is 286 cm³/mol. The Bertz CT molecular complexity index is 889. The molecule has 6 heterocycles. The Balaban J connectivity index is -0.000000319. The first kappa shape index (κ1) is 67.4. The van der Waals surface area contributed by atoms with Gasteiger partial charge in [0.25, 0.3) is 0 Å². The highest BCUT2D eigenvalue weighted by molar-refractivity contribution is 4.97. The van der Waals surface area contributed by atoms with Gasteiger partial charge in [0.15, 0.2) is 0 Å². The summed E-state index contributed by atoms with van der Waals surface area (Å²) in [6, 6.07) is 2.66. The Labute approximate surface area is 391 Å². The van der Waals surface area contributed by atoms with Crippen molar-refractivity contribution in [3.05, 3.63) is 0 Å². The summed E-state index contributed by atoms with van der Waals surface area (Å²) in [5, 5.41) is 0. The van der Waals surface area contributed by atoms with Crippen molar-refractivity contribution in [2.75, 3.05) is 39.3 Å². The van der Waals surface area contributed by atoms with E-state index in [9.17, 15) is 0 Å². The quantitative estimate of drug-likeness (QED) is 0.260. The molecule has 10 aliphatic rings. The predicted octanol–water partition coefficient (Wildman–Crippen LogP) is 17.4. The lowest BCUT2D eigenvalue weighted by molar-refractivity contribution is -0.0225. The zero-order chi connectivity index (χ0) is 48.7. The fourth-order valence-corrected chi connectivity index (χ4v) is 10.7. The highest BCUT2D eigenvalue weighted by atomic mass is 15.2. The van der Waals surface area contributed by atoms with Crippen molar-refractivity contribution in [1.82, 2.24) is 19.6 Å². The van der Waals surface area contributed by atoms with E-state index in [2.05, 4.69) is 95.8 Å². The number of piperidine rings is 6. The van der Waals surface area contributed by atoms with Crippen LogP contribution in [0.15, 0.2) is 0 Å². The van der Waals surface area contributed by atoms with Gasteiger partial charge >= 0.3 is 0 Å². The highest BCUT2D eigenvalue weighted by Gasteiger charge is 2.43. The van der Waals surface area contributed by atoms with Gasteiger partial charge in [0.1, 0.15) is 0 Å². The Hall–Kier alpha value is -0.160. The number of fused-ring (bicyclic) bond motifs is 9. The largest absolute Gasteiger partial charge is 0.298 e. The maximum atomic E-state index is 2.71. The first-order valence-electron chi connectivity index (χ1n) is 28.0. The summed E-state index contributed by atoms with van der Waals surface area (Å²) in [7, 11) is 0. The van der Waals surface area contributed by atoms with E-state index in [4.69, 9.17) is 0 Å². The van der Waals surface area contributed by atoms with Gasteiger partial charge in [-0.3, -0.25) is 19.6 Å². The molecule has 6 saturated heterocycles. The number of hydrogen-bond donors (Lipinski definition) is 0. The van der Waals surface area contributed by atoms with Gasteiger partial charge in [-0.15, -0.1) is 0 Å². The third-order valence-electron chi connectivity index (χ3n) is 13.5. The summed E-state index contributed by atoms with van der Waals surface area (Å²) < 4.78 is 0. The molecule has 61 heavy (non-hydrogen) atoms. The molecule has 4 saturated carbocycles. The molecule has 10 rings (SSSR count). The molecule has 6 aliphatic heterocycles. The lowest BCUT2D eigenvalue weighted by Crippen LogP contribution is -2.55. The van der Waals surface area contributed by atoms with Gasteiger partial charge in [-0.05, 0) is 189 Å². The normalized spacial score (nSPS) is 28.9. The van der Waals surface area contributed by atoms with Crippen LogP contribution in [0.1, 0.15) is 264 Å². The lowest BCUT2D eigenvalue weighted by atomic mass is 9.70. The van der Waals surface area contributed by atoms with E-state index < -0.39 is 0 Å². The Morgan fingerprint density at radius 2 is 0.607 bits per heavy atom. The van der Waals surface area contributed by atoms with Crippen LogP contribution in [0.2, 0.25) is 0 Å². The van der Waals surface area contributed by atoms with E-state index in [1.54, 1.807) is 0 Å². The number of hydrogen-bond acceptors (Lipinski definition) is 4. The Morgan fingerprint density at radius 1 is 0.311 bits per heavy atom. The summed E-state index contributed by atoms with van der Waals surface area (Å²) in [6.07, 6.45) is 18.0. The van der Waals surface area contributed by atoms with Gasteiger partial charge < -0.3 is 0 Å². The molecule has 8 bridgehead atoms. The van der Waals surface area contributed by atoms with Crippen molar-refractivity contribution in [2.45, 2.75) is 299 Å². The van der Waals surface area contributed by atoms with Gasteiger partial charge in [0, 0.05) is 74.0 Å². The van der Waals surface area contributed by atoms with Crippen molar-refractivity contribution in [3.63, 3.8) is 0 Å². The van der Waals surface area contributed by atoms with Crippen LogP contribution in [-0.4, -0.2) is 93.6 Å². The molecule has 0 aromatic heterocycles. The van der Waals surface area contributed by atoms with E-state index >= 15 is 0 Å². The summed E-state index contributed by atoms with van der Waals surface area (Å²) in [5.74, 6) is 6.24. The number of rotatable bonds is 1. The molecule has 4 heteroatoms. The molecular formula is C57H126N4. The van der Waals surface area contributed by atoms with Gasteiger partial charge in [-0.25, -0.2) is 0 Å². The highest BCUT2D eigenvalue weighted by Crippen LogP contribution is 2.42. The maximum Gasteiger partial charge on any atom is 0.0128 e. The van der Waals surface area contributed by atoms with Gasteiger partial charge in [-0.2, -0.15) is 0 Å². The average Bonchev–Trinajstić information content (AvgIpc) is 4.03. The van der Waals surface area contributed by atoms with Gasteiger partial charge in [-0.1, -0.05) is 111 Å². The molecule has 0 N–H and O–H groups in total. The molecule has 4 nitrogen and oxygen atoms in total. The minimum atomic E-state index is 0.404. The lowest BCUT2D eigenvalue weighted by Gasteiger charge is -2.52. The zero-order valence-corrected chi connectivity index (χ0v) is 48.2. The Morgan fingerprint density at radius 3 is 0.820 bits per heavy atom. The zero-order valence-electron chi connectivity index (χ0n) is 48.2. The topological polar surface area (TPSA) is 13.0 Å². The fraction of sp³-hybridized carbons (Fsp3) is 1.00. The molecule has 10 fully saturated rings. The van der Waals surface area contributed by atoms with Crippen LogP contribution in [0.25, 0.3) is 0 Å². The molecule has 0 radical (unpaired) electrons. The van der Waals surface area contributed by atoms with Crippen LogP contribution < -0.4 is 0 Å². The molecular weight excluding hydrogens is 741 g/mol. The second-order valence-electron chi connectivity index (χ2n) is 20.5.